The Morgan fingerprint density at radius 3 is 2.53 bits per heavy atom. The largest absolute Gasteiger partial charge is 0.316 e. The van der Waals surface area contributed by atoms with Gasteiger partial charge in [0.1, 0.15) is 5.82 Å². The summed E-state index contributed by atoms with van der Waals surface area (Å²) in [7, 11) is 0. The lowest BCUT2D eigenvalue weighted by Gasteiger charge is -2.27. The van der Waals surface area contributed by atoms with E-state index in [0.717, 1.165) is 25.1 Å². The van der Waals surface area contributed by atoms with Crippen molar-refractivity contribution < 1.29 is 4.39 Å². The first-order chi connectivity index (χ1) is 8.74. The second-order valence-electron chi connectivity index (χ2n) is 6.31. The highest BCUT2D eigenvalue weighted by Crippen LogP contribution is 2.34. The van der Waals surface area contributed by atoms with Gasteiger partial charge in [-0.2, -0.15) is 0 Å². The predicted molar refractivity (Wildman–Crippen MR) is 81.5 cm³/mol. The molecule has 0 aromatic heterocycles. The molecule has 0 atom stereocenters. The molecule has 108 valence electrons. The summed E-state index contributed by atoms with van der Waals surface area (Å²) in [6, 6.07) is 3.30. The van der Waals surface area contributed by atoms with Gasteiger partial charge in [-0.3, -0.25) is 0 Å². The summed E-state index contributed by atoms with van der Waals surface area (Å²) in [5.74, 6) is 0.419. The van der Waals surface area contributed by atoms with Crippen LogP contribution in [0.5, 0.6) is 0 Å². The normalized spacial score (nSPS) is 12.2. The van der Waals surface area contributed by atoms with Gasteiger partial charge in [0.15, 0.2) is 0 Å². The summed E-state index contributed by atoms with van der Waals surface area (Å²) < 4.78 is 13.4. The van der Waals surface area contributed by atoms with Crippen LogP contribution in [0, 0.1) is 18.7 Å². The molecule has 0 saturated carbocycles. The topological polar surface area (TPSA) is 12.0 Å². The molecule has 1 aromatic carbocycles. The van der Waals surface area contributed by atoms with Crippen LogP contribution in [0.3, 0.4) is 0 Å². The molecule has 1 nitrogen and oxygen atoms in total. The van der Waals surface area contributed by atoms with Crippen molar-refractivity contribution in [3.05, 3.63) is 34.1 Å². The molecule has 1 aromatic rings. The van der Waals surface area contributed by atoms with Crippen molar-refractivity contribution in [2.75, 3.05) is 13.1 Å². The number of aryl methyl sites for hydroxylation is 1. The maximum absolute atomic E-state index is 13.4. The van der Waals surface area contributed by atoms with Crippen molar-refractivity contribution in [3.8, 4) is 0 Å². The molecular formula is C16H25ClFN. The molecular weight excluding hydrogens is 261 g/mol. The molecule has 1 rings (SSSR count). The van der Waals surface area contributed by atoms with Gasteiger partial charge in [-0.25, -0.2) is 4.39 Å². The van der Waals surface area contributed by atoms with Crippen LogP contribution in [0.15, 0.2) is 12.1 Å². The summed E-state index contributed by atoms with van der Waals surface area (Å²) >= 11 is 6.19. The minimum Gasteiger partial charge on any atom is -0.316 e. The minimum absolute atomic E-state index is 0.0560. The summed E-state index contributed by atoms with van der Waals surface area (Å²) in [5, 5.41) is 3.96. The first-order valence-electron chi connectivity index (χ1n) is 6.91. The minimum atomic E-state index is -0.234. The molecule has 0 bridgehead atoms. The van der Waals surface area contributed by atoms with Gasteiger partial charge < -0.3 is 5.32 Å². The number of nitrogens with one attached hydrogen (secondary N) is 1. The van der Waals surface area contributed by atoms with Gasteiger partial charge >= 0.3 is 0 Å². The number of rotatable bonds is 6. The fourth-order valence-electron chi connectivity index (χ4n) is 2.10. The van der Waals surface area contributed by atoms with Crippen molar-refractivity contribution in [2.24, 2.45) is 5.92 Å². The second kappa shape index (κ2) is 6.71. The Bertz CT molecular complexity index is 427. The second-order valence-corrected chi connectivity index (χ2v) is 6.72. The van der Waals surface area contributed by atoms with Crippen molar-refractivity contribution in [1.29, 1.82) is 0 Å². The Morgan fingerprint density at radius 2 is 1.95 bits per heavy atom. The highest BCUT2D eigenvalue weighted by molar-refractivity contribution is 6.31. The number of hydrogen-bond acceptors (Lipinski definition) is 1. The van der Waals surface area contributed by atoms with Gasteiger partial charge in [0, 0.05) is 5.02 Å². The van der Waals surface area contributed by atoms with Gasteiger partial charge in [0.25, 0.3) is 0 Å². The SMILES string of the molecule is Cc1cc(C(C)(C)CCNCC(C)C)c(Cl)cc1F. The van der Waals surface area contributed by atoms with E-state index >= 15 is 0 Å². The maximum Gasteiger partial charge on any atom is 0.127 e. The lowest BCUT2D eigenvalue weighted by atomic mass is 9.81. The van der Waals surface area contributed by atoms with E-state index in [0.29, 0.717) is 16.5 Å². The van der Waals surface area contributed by atoms with E-state index in [1.54, 1.807) is 6.92 Å². The number of hydrogen-bond donors (Lipinski definition) is 1. The average Bonchev–Trinajstić information content (AvgIpc) is 2.29. The first-order valence-corrected chi connectivity index (χ1v) is 7.28. The van der Waals surface area contributed by atoms with E-state index in [1.807, 2.05) is 6.07 Å². The molecule has 0 radical (unpaired) electrons. The van der Waals surface area contributed by atoms with Crippen molar-refractivity contribution in [2.45, 2.75) is 46.5 Å². The van der Waals surface area contributed by atoms with Crippen LogP contribution >= 0.6 is 11.6 Å². The van der Waals surface area contributed by atoms with E-state index in [4.69, 9.17) is 11.6 Å². The number of halogens is 2. The molecule has 1 N–H and O–H groups in total. The Kier molecular flexibility index (Phi) is 5.82. The van der Waals surface area contributed by atoms with E-state index in [-0.39, 0.29) is 11.2 Å². The van der Waals surface area contributed by atoms with Crippen LogP contribution in [-0.4, -0.2) is 13.1 Å². The van der Waals surface area contributed by atoms with Crippen LogP contribution in [0.4, 0.5) is 4.39 Å². The fraction of sp³-hybridized carbons (Fsp3) is 0.625. The smallest absolute Gasteiger partial charge is 0.127 e. The Labute approximate surface area is 121 Å². The van der Waals surface area contributed by atoms with Gasteiger partial charge in [0.05, 0.1) is 0 Å². The molecule has 0 aliphatic heterocycles. The zero-order chi connectivity index (χ0) is 14.6. The van der Waals surface area contributed by atoms with Gasteiger partial charge in [-0.1, -0.05) is 45.4 Å². The number of benzene rings is 1. The van der Waals surface area contributed by atoms with Crippen molar-refractivity contribution in [3.63, 3.8) is 0 Å². The third kappa shape index (κ3) is 4.77. The predicted octanol–water partition coefficient (Wildman–Crippen LogP) is 4.70. The Balaban J connectivity index is 2.74. The summed E-state index contributed by atoms with van der Waals surface area (Å²) in [6.07, 6.45) is 0.977. The highest BCUT2D eigenvalue weighted by atomic mass is 35.5. The van der Waals surface area contributed by atoms with Gasteiger partial charge in [-0.15, -0.1) is 0 Å². The van der Waals surface area contributed by atoms with E-state index < -0.39 is 0 Å². The van der Waals surface area contributed by atoms with E-state index in [2.05, 4.69) is 33.0 Å². The molecule has 0 spiro atoms. The third-order valence-electron chi connectivity index (χ3n) is 3.46. The van der Waals surface area contributed by atoms with Crippen LogP contribution in [0.25, 0.3) is 0 Å². The van der Waals surface area contributed by atoms with E-state index in [1.165, 1.54) is 6.07 Å². The molecule has 0 amide bonds. The fourth-order valence-corrected chi connectivity index (χ4v) is 2.51. The molecule has 0 unspecified atom stereocenters. The molecule has 0 saturated heterocycles. The standard InChI is InChI=1S/C16H25ClFN/c1-11(2)10-19-7-6-16(4,5)13-8-12(3)15(18)9-14(13)17/h8-9,11,19H,6-7,10H2,1-5H3. The van der Waals surface area contributed by atoms with Crippen LogP contribution in [-0.2, 0) is 5.41 Å². The molecule has 0 heterocycles. The van der Waals surface area contributed by atoms with Crippen molar-refractivity contribution in [1.82, 2.24) is 5.32 Å². The Hall–Kier alpha value is -0.600. The van der Waals surface area contributed by atoms with Gasteiger partial charge in [0.2, 0.25) is 0 Å². The molecule has 0 fully saturated rings. The summed E-state index contributed by atoms with van der Waals surface area (Å²) in [5.41, 5.74) is 1.63. The van der Waals surface area contributed by atoms with Crippen LogP contribution in [0.2, 0.25) is 5.02 Å². The molecule has 0 aliphatic rings. The average molecular weight is 286 g/mol. The highest BCUT2D eigenvalue weighted by Gasteiger charge is 2.24. The monoisotopic (exact) mass is 285 g/mol. The van der Waals surface area contributed by atoms with Crippen molar-refractivity contribution >= 4 is 11.6 Å². The zero-order valence-corrected chi connectivity index (χ0v) is 13.4. The zero-order valence-electron chi connectivity index (χ0n) is 12.6. The van der Waals surface area contributed by atoms with E-state index in [9.17, 15) is 4.39 Å². The summed E-state index contributed by atoms with van der Waals surface area (Å²) in [4.78, 5) is 0. The maximum atomic E-state index is 13.4. The lowest BCUT2D eigenvalue weighted by Crippen LogP contribution is -2.28. The molecule has 3 heteroatoms. The van der Waals surface area contributed by atoms with Crippen LogP contribution in [0.1, 0.15) is 45.2 Å². The Morgan fingerprint density at radius 1 is 1.32 bits per heavy atom. The summed E-state index contributed by atoms with van der Waals surface area (Å²) in [6.45, 7) is 12.4. The quantitative estimate of drug-likeness (QED) is 0.747. The van der Waals surface area contributed by atoms with Gasteiger partial charge in [-0.05, 0) is 55.0 Å². The lowest BCUT2D eigenvalue weighted by molar-refractivity contribution is 0.441. The van der Waals surface area contributed by atoms with Crippen LogP contribution < -0.4 is 5.32 Å². The first kappa shape index (κ1) is 16.5. The third-order valence-corrected chi connectivity index (χ3v) is 3.77. The molecule has 0 aliphatic carbocycles. The molecule has 19 heavy (non-hydrogen) atoms.